The van der Waals surface area contributed by atoms with E-state index in [0.29, 0.717) is 26.4 Å². The number of hydrogen-bond donors (Lipinski definition) is 2. The number of thiophene rings is 1. The van der Waals surface area contributed by atoms with Crippen molar-refractivity contribution >= 4 is 63.7 Å². The Morgan fingerprint density at radius 1 is 0.939 bits per heavy atom. The number of rotatable bonds is 8. The number of halogens is 2. The van der Waals surface area contributed by atoms with Gasteiger partial charge in [0.2, 0.25) is 0 Å². The smallest absolute Gasteiger partial charge is 0.340 e. The monoisotopic (exact) mass is 508 g/mol. The second-order valence-corrected chi connectivity index (χ2v) is 8.29. The standard InChI is InChI=1S/C22H18Cl2N2O6S/c1-30-17-9-15(16(10-18(17)31-2)26-21(28)19-4-3-5-33-19)22(29)32-11-20(27)25-14-7-12(23)6-13(24)8-14/h3-10H,11H2,1-2H3,(H,25,27)(H,26,28). The minimum absolute atomic E-state index is 0.0174. The summed E-state index contributed by atoms with van der Waals surface area (Å²) in [5.74, 6) is -1.33. The van der Waals surface area contributed by atoms with Crippen molar-refractivity contribution in [2.75, 3.05) is 31.5 Å². The van der Waals surface area contributed by atoms with E-state index in [0.717, 1.165) is 0 Å². The normalized spacial score (nSPS) is 10.3. The minimum Gasteiger partial charge on any atom is -0.493 e. The first-order valence-electron chi connectivity index (χ1n) is 9.34. The third-order valence-electron chi connectivity index (χ3n) is 4.22. The number of hydrogen-bond acceptors (Lipinski definition) is 7. The van der Waals surface area contributed by atoms with Crippen molar-refractivity contribution in [1.82, 2.24) is 0 Å². The van der Waals surface area contributed by atoms with Gasteiger partial charge in [-0.25, -0.2) is 4.79 Å². The SMILES string of the molecule is COc1cc(NC(=O)c2cccs2)c(C(=O)OCC(=O)Nc2cc(Cl)cc(Cl)c2)cc1OC. The molecular formula is C22H18Cl2N2O6S. The Morgan fingerprint density at radius 2 is 1.61 bits per heavy atom. The summed E-state index contributed by atoms with van der Waals surface area (Å²) in [6, 6.07) is 10.7. The molecule has 0 saturated carbocycles. The number of anilines is 2. The van der Waals surface area contributed by atoms with Crippen LogP contribution in [0.2, 0.25) is 10.0 Å². The highest BCUT2D eigenvalue weighted by atomic mass is 35.5. The number of benzene rings is 2. The molecule has 2 aromatic carbocycles. The van der Waals surface area contributed by atoms with Gasteiger partial charge in [-0.1, -0.05) is 29.3 Å². The zero-order valence-corrected chi connectivity index (χ0v) is 19.8. The van der Waals surface area contributed by atoms with Gasteiger partial charge >= 0.3 is 5.97 Å². The average molecular weight is 509 g/mol. The van der Waals surface area contributed by atoms with E-state index in [1.54, 1.807) is 17.5 Å². The number of nitrogens with one attached hydrogen (secondary N) is 2. The minimum atomic E-state index is -0.850. The van der Waals surface area contributed by atoms with Crippen molar-refractivity contribution in [3.63, 3.8) is 0 Å². The maximum atomic E-state index is 12.8. The Kier molecular flexibility index (Phi) is 8.16. The van der Waals surface area contributed by atoms with E-state index in [4.69, 9.17) is 37.4 Å². The molecule has 0 aliphatic rings. The molecule has 0 unspecified atom stereocenters. The molecule has 0 spiro atoms. The highest BCUT2D eigenvalue weighted by Crippen LogP contribution is 2.34. The Morgan fingerprint density at radius 3 is 2.21 bits per heavy atom. The van der Waals surface area contributed by atoms with Crippen molar-refractivity contribution < 1.29 is 28.6 Å². The van der Waals surface area contributed by atoms with Gasteiger partial charge in [-0.15, -0.1) is 11.3 Å². The fraction of sp³-hybridized carbons (Fsp3) is 0.136. The number of carbonyl (C=O) groups excluding carboxylic acids is 3. The highest BCUT2D eigenvalue weighted by molar-refractivity contribution is 7.12. The number of ether oxygens (including phenoxy) is 3. The van der Waals surface area contributed by atoms with Crippen LogP contribution < -0.4 is 20.1 Å². The van der Waals surface area contributed by atoms with Crippen LogP contribution in [-0.4, -0.2) is 38.6 Å². The third-order valence-corrected chi connectivity index (χ3v) is 5.52. The molecule has 8 nitrogen and oxygen atoms in total. The quantitative estimate of drug-likeness (QED) is 0.409. The molecule has 0 fully saturated rings. The lowest BCUT2D eigenvalue weighted by Crippen LogP contribution is -2.22. The average Bonchev–Trinajstić information content (AvgIpc) is 3.31. The summed E-state index contributed by atoms with van der Waals surface area (Å²) in [6.45, 7) is -0.588. The van der Waals surface area contributed by atoms with Gasteiger partial charge in [-0.2, -0.15) is 0 Å². The summed E-state index contributed by atoms with van der Waals surface area (Å²) in [4.78, 5) is 38.0. The zero-order valence-electron chi connectivity index (χ0n) is 17.4. The molecule has 0 bridgehead atoms. The highest BCUT2D eigenvalue weighted by Gasteiger charge is 2.21. The maximum Gasteiger partial charge on any atom is 0.340 e. The van der Waals surface area contributed by atoms with Gasteiger partial charge in [-0.3, -0.25) is 9.59 Å². The summed E-state index contributed by atoms with van der Waals surface area (Å²) in [5.41, 5.74) is 0.470. The lowest BCUT2D eigenvalue weighted by molar-refractivity contribution is -0.119. The third kappa shape index (κ3) is 6.38. The first-order valence-corrected chi connectivity index (χ1v) is 11.0. The predicted octanol–water partition coefficient (Wildman–Crippen LogP) is 5.12. The molecule has 33 heavy (non-hydrogen) atoms. The molecule has 172 valence electrons. The van der Waals surface area contributed by atoms with Gasteiger partial charge in [-0.05, 0) is 29.6 Å². The Bertz CT molecular complexity index is 1160. The molecule has 3 rings (SSSR count). The van der Waals surface area contributed by atoms with Crippen LogP contribution in [0.4, 0.5) is 11.4 Å². The number of esters is 1. The van der Waals surface area contributed by atoms with Crippen molar-refractivity contribution in [2.45, 2.75) is 0 Å². The van der Waals surface area contributed by atoms with Gasteiger partial charge in [0, 0.05) is 27.9 Å². The zero-order chi connectivity index (χ0) is 24.0. The van der Waals surface area contributed by atoms with Gasteiger partial charge in [0.25, 0.3) is 11.8 Å². The van der Waals surface area contributed by atoms with Gasteiger partial charge in [0.05, 0.1) is 30.3 Å². The number of amides is 2. The molecule has 2 amide bonds. The fourth-order valence-electron chi connectivity index (χ4n) is 2.77. The number of carbonyl (C=O) groups is 3. The predicted molar refractivity (Wildman–Crippen MR) is 127 cm³/mol. The van der Waals surface area contributed by atoms with Crippen LogP contribution in [0.3, 0.4) is 0 Å². The second-order valence-electron chi connectivity index (χ2n) is 6.47. The van der Waals surface area contributed by atoms with Crippen molar-refractivity contribution in [3.05, 3.63) is 68.3 Å². The molecule has 0 saturated heterocycles. The van der Waals surface area contributed by atoms with E-state index >= 15 is 0 Å². The number of methoxy groups -OCH3 is 2. The van der Waals surface area contributed by atoms with Crippen molar-refractivity contribution in [2.24, 2.45) is 0 Å². The van der Waals surface area contributed by atoms with Gasteiger partial charge < -0.3 is 24.8 Å². The molecule has 3 aromatic rings. The van der Waals surface area contributed by atoms with E-state index in [2.05, 4.69) is 10.6 Å². The molecule has 1 aromatic heterocycles. The largest absolute Gasteiger partial charge is 0.493 e. The molecule has 2 N–H and O–H groups in total. The summed E-state index contributed by atoms with van der Waals surface area (Å²) in [5, 5.41) is 7.64. The molecule has 0 aliphatic heterocycles. The van der Waals surface area contributed by atoms with E-state index < -0.39 is 24.4 Å². The second kappa shape index (κ2) is 11.0. The summed E-state index contributed by atoms with van der Waals surface area (Å²) in [7, 11) is 2.83. The van der Waals surface area contributed by atoms with Crippen LogP contribution in [0.15, 0.2) is 47.8 Å². The van der Waals surface area contributed by atoms with E-state index in [-0.39, 0.29) is 17.0 Å². The molecule has 0 radical (unpaired) electrons. The molecule has 11 heteroatoms. The van der Waals surface area contributed by atoms with E-state index in [1.807, 2.05) is 0 Å². The first-order chi connectivity index (χ1) is 15.8. The van der Waals surface area contributed by atoms with Crippen LogP contribution in [0.5, 0.6) is 11.5 Å². The Balaban J connectivity index is 1.77. The van der Waals surface area contributed by atoms with Crippen LogP contribution in [0.1, 0.15) is 20.0 Å². The molecule has 1 heterocycles. The molecule has 0 aliphatic carbocycles. The maximum absolute atomic E-state index is 12.8. The van der Waals surface area contributed by atoms with Crippen molar-refractivity contribution in [1.29, 1.82) is 0 Å². The lowest BCUT2D eigenvalue weighted by atomic mass is 10.1. The van der Waals surface area contributed by atoms with Crippen molar-refractivity contribution in [3.8, 4) is 11.5 Å². The van der Waals surface area contributed by atoms with Crippen LogP contribution in [-0.2, 0) is 9.53 Å². The summed E-state index contributed by atoms with van der Waals surface area (Å²) < 4.78 is 15.6. The topological polar surface area (TPSA) is 103 Å². The Hall–Kier alpha value is -3.27. The summed E-state index contributed by atoms with van der Waals surface area (Å²) >= 11 is 13.1. The Labute approximate surface area is 203 Å². The van der Waals surface area contributed by atoms with Gasteiger partial charge in [0.15, 0.2) is 18.1 Å². The van der Waals surface area contributed by atoms with Crippen LogP contribution in [0, 0.1) is 0 Å². The first kappa shape index (κ1) is 24.4. The summed E-state index contributed by atoms with van der Waals surface area (Å²) in [6.07, 6.45) is 0. The van der Waals surface area contributed by atoms with Crippen LogP contribution in [0.25, 0.3) is 0 Å². The fourth-order valence-corrected chi connectivity index (χ4v) is 3.92. The lowest BCUT2D eigenvalue weighted by Gasteiger charge is -2.15. The van der Waals surface area contributed by atoms with Crippen LogP contribution >= 0.6 is 34.5 Å². The van der Waals surface area contributed by atoms with E-state index in [9.17, 15) is 14.4 Å². The molecular weight excluding hydrogens is 491 g/mol. The van der Waals surface area contributed by atoms with E-state index in [1.165, 1.54) is 55.9 Å². The molecule has 0 atom stereocenters. The van der Waals surface area contributed by atoms with Gasteiger partial charge in [0.1, 0.15) is 0 Å².